The minimum absolute atomic E-state index is 0.166. The number of anilines is 1. The molecule has 2 aromatic heterocycles. The number of rotatable bonds is 8. The third-order valence-electron chi connectivity index (χ3n) is 6.02. The first-order chi connectivity index (χ1) is 17.7. The third-order valence-corrected chi connectivity index (χ3v) is 8.06. The summed E-state index contributed by atoms with van der Waals surface area (Å²) in [4.78, 5) is 17.6. The van der Waals surface area contributed by atoms with Gasteiger partial charge in [0.15, 0.2) is 15.0 Å². The minimum Gasteiger partial charge on any atom is -0.497 e. The molecule has 0 unspecified atom stereocenters. The zero-order chi connectivity index (χ0) is 26.2. The zero-order valence-corrected chi connectivity index (χ0v) is 22.2. The van der Waals surface area contributed by atoms with Crippen LogP contribution in [0, 0.1) is 0 Å². The van der Waals surface area contributed by atoms with Crippen LogP contribution >= 0.6 is 11.3 Å². The second-order valence-electron chi connectivity index (χ2n) is 8.67. The smallest absolute Gasteiger partial charge is 0.230 e. The molecule has 37 heavy (non-hydrogen) atoms. The lowest BCUT2D eigenvalue weighted by molar-refractivity contribution is -0.115. The molecule has 8 nitrogen and oxygen atoms in total. The molecule has 3 aromatic carbocycles. The molecule has 190 valence electrons. The fourth-order valence-corrected chi connectivity index (χ4v) is 5.92. The number of nitrogens with zero attached hydrogens (tertiary/aromatic N) is 2. The van der Waals surface area contributed by atoms with E-state index in [0.717, 1.165) is 22.0 Å². The first-order valence-electron chi connectivity index (χ1n) is 11.4. The van der Waals surface area contributed by atoms with Gasteiger partial charge in [0.25, 0.3) is 0 Å². The van der Waals surface area contributed by atoms with E-state index in [2.05, 4.69) is 14.9 Å². The Morgan fingerprint density at radius 1 is 1.03 bits per heavy atom. The van der Waals surface area contributed by atoms with Crippen LogP contribution < -0.4 is 14.8 Å². The van der Waals surface area contributed by atoms with E-state index in [1.807, 2.05) is 48.7 Å². The standard InChI is InChI=1S/C27H25N3O5S2/c1-34-19-10-17(11-20(13-19)35-2)15-30-16-18(22-6-4-5-7-24(22)30)12-26(31)29-27-28-23-9-8-21(37(3,32)33)14-25(23)36-27/h4-11,13-14,16H,12,15H2,1-3H3,(H,28,29,31). The van der Waals surface area contributed by atoms with E-state index in [1.165, 1.54) is 23.7 Å². The molecular weight excluding hydrogens is 510 g/mol. The summed E-state index contributed by atoms with van der Waals surface area (Å²) < 4.78 is 37.3. The van der Waals surface area contributed by atoms with Gasteiger partial charge in [0, 0.05) is 36.0 Å². The molecule has 0 aliphatic carbocycles. The number of para-hydroxylation sites is 1. The number of benzene rings is 3. The van der Waals surface area contributed by atoms with Gasteiger partial charge in [-0.05, 0) is 47.5 Å². The summed E-state index contributed by atoms with van der Waals surface area (Å²) in [6, 6.07) is 18.5. The molecule has 0 bridgehead atoms. The summed E-state index contributed by atoms with van der Waals surface area (Å²) in [6.45, 7) is 0.580. The highest BCUT2D eigenvalue weighted by atomic mass is 32.2. The second kappa shape index (κ2) is 9.87. The molecule has 0 radical (unpaired) electrons. The summed E-state index contributed by atoms with van der Waals surface area (Å²) in [5.74, 6) is 1.23. The van der Waals surface area contributed by atoms with Crippen LogP contribution in [0.5, 0.6) is 11.5 Å². The average Bonchev–Trinajstić information content (AvgIpc) is 3.43. The number of hydrogen-bond donors (Lipinski definition) is 1. The number of fused-ring (bicyclic) bond motifs is 2. The lowest BCUT2D eigenvalue weighted by Crippen LogP contribution is -2.14. The minimum atomic E-state index is -3.32. The number of carbonyl (C=O) groups excluding carboxylic acids is 1. The number of aromatic nitrogens is 2. The summed E-state index contributed by atoms with van der Waals surface area (Å²) in [5, 5.41) is 4.29. The van der Waals surface area contributed by atoms with E-state index in [-0.39, 0.29) is 17.2 Å². The van der Waals surface area contributed by atoms with Crippen molar-refractivity contribution in [1.82, 2.24) is 9.55 Å². The van der Waals surface area contributed by atoms with Crippen LogP contribution in [0.1, 0.15) is 11.1 Å². The van der Waals surface area contributed by atoms with Crippen molar-refractivity contribution in [3.05, 3.63) is 78.0 Å². The van der Waals surface area contributed by atoms with E-state index >= 15 is 0 Å². The molecule has 5 rings (SSSR count). The van der Waals surface area contributed by atoms with E-state index in [4.69, 9.17) is 9.47 Å². The Bertz CT molecular complexity index is 1720. The Balaban J connectivity index is 1.39. The Morgan fingerprint density at radius 3 is 2.46 bits per heavy atom. The van der Waals surface area contributed by atoms with Gasteiger partial charge in [-0.3, -0.25) is 4.79 Å². The summed E-state index contributed by atoms with van der Waals surface area (Å²) >= 11 is 1.25. The molecule has 1 amide bonds. The van der Waals surface area contributed by atoms with Crippen molar-refractivity contribution in [2.75, 3.05) is 25.8 Å². The maximum atomic E-state index is 13.0. The van der Waals surface area contributed by atoms with Crippen molar-refractivity contribution < 1.29 is 22.7 Å². The maximum Gasteiger partial charge on any atom is 0.230 e. The zero-order valence-electron chi connectivity index (χ0n) is 20.5. The van der Waals surface area contributed by atoms with Gasteiger partial charge in [-0.1, -0.05) is 29.5 Å². The number of hydrogen-bond acceptors (Lipinski definition) is 7. The number of sulfone groups is 1. The fourth-order valence-electron chi connectivity index (χ4n) is 4.27. The van der Waals surface area contributed by atoms with Gasteiger partial charge in [0.2, 0.25) is 5.91 Å². The lowest BCUT2D eigenvalue weighted by Gasteiger charge is -2.10. The van der Waals surface area contributed by atoms with Crippen LogP contribution in [0.25, 0.3) is 21.1 Å². The molecule has 0 aliphatic rings. The maximum absolute atomic E-state index is 13.0. The number of ether oxygens (including phenoxy) is 2. The summed E-state index contributed by atoms with van der Waals surface area (Å²) in [7, 11) is -0.0799. The molecule has 0 fully saturated rings. The third kappa shape index (κ3) is 5.30. The van der Waals surface area contributed by atoms with Crippen LogP contribution in [0.3, 0.4) is 0 Å². The van der Waals surface area contributed by atoms with Gasteiger partial charge in [-0.2, -0.15) is 0 Å². The monoisotopic (exact) mass is 535 g/mol. The number of carbonyl (C=O) groups is 1. The molecule has 5 aromatic rings. The number of methoxy groups -OCH3 is 2. The largest absolute Gasteiger partial charge is 0.497 e. The average molecular weight is 536 g/mol. The highest BCUT2D eigenvalue weighted by Gasteiger charge is 2.16. The number of amides is 1. The van der Waals surface area contributed by atoms with Crippen LogP contribution in [0.15, 0.2) is 71.8 Å². The van der Waals surface area contributed by atoms with E-state index in [0.29, 0.717) is 33.4 Å². The van der Waals surface area contributed by atoms with Gasteiger partial charge in [0.05, 0.1) is 35.8 Å². The molecular formula is C27H25N3O5S2. The predicted molar refractivity (Wildman–Crippen MR) is 146 cm³/mol. The molecule has 0 saturated heterocycles. The Morgan fingerprint density at radius 2 is 1.76 bits per heavy atom. The number of thiazole rings is 1. The van der Waals surface area contributed by atoms with Crippen molar-refractivity contribution in [1.29, 1.82) is 0 Å². The molecule has 0 saturated carbocycles. The van der Waals surface area contributed by atoms with Crippen LogP contribution in [-0.2, 0) is 27.6 Å². The highest BCUT2D eigenvalue weighted by molar-refractivity contribution is 7.90. The predicted octanol–water partition coefficient (Wildman–Crippen LogP) is 4.90. The van der Waals surface area contributed by atoms with Crippen LogP contribution in [0.4, 0.5) is 5.13 Å². The van der Waals surface area contributed by atoms with E-state index in [1.54, 1.807) is 26.4 Å². The number of nitrogens with one attached hydrogen (secondary N) is 1. The summed E-state index contributed by atoms with van der Waals surface area (Å²) in [5.41, 5.74) is 3.55. The van der Waals surface area contributed by atoms with Crippen molar-refractivity contribution in [3.8, 4) is 11.5 Å². The van der Waals surface area contributed by atoms with E-state index < -0.39 is 9.84 Å². The fraction of sp³-hybridized carbons (Fsp3) is 0.185. The van der Waals surface area contributed by atoms with Gasteiger partial charge in [-0.15, -0.1) is 0 Å². The SMILES string of the molecule is COc1cc(Cn2cc(CC(=O)Nc3nc4ccc(S(C)(=O)=O)cc4s3)c3ccccc32)cc(OC)c1. The Kier molecular flexibility index (Phi) is 6.61. The van der Waals surface area contributed by atoms with Crippen LogP contribution in [-0.4, -0.2) is 44.4 Å². The van der Waals surface area contributed by atoms with Crippen molar-refractivity contribution >= 4 is 53.3 Å². The van der Waals surface area contributed by atoms with Crippen molar-refractivity contribution in [3.63, 3.8) is 0 Å². The molecule has 0 spiro atoms. The molecule has 0 aliphatic heterocycles. The van der Waals surface area contributed by atoms with Crippen LogP contribution in [0.2, 0.25) is 0 Å². The second-order valence-corrected chi connectivity index (χ2v) is 11.7. The molecule has 10 heteroatoms. The lowest BCUT2D eigenvalue weighted by atomic mass is 10.1. The van der Waals surface area contributed by atoms with Crippen molar-refractivity contribution in [2.24, 2.45) is 0 Å². The molecule has 1 N–H and O–H groups in total. The first-order valence-corrected chi connectivity index (χ1v) is 14.1. The topological polar surface area (TPSA) is 99.5 Å². The van der Waals surface area contributed by atoms with Gasteiger partial charge < -0.3 is 19.4 Å². The van der Waals surface area contributed by atoms with E-state index in [9.17, 15) is 13.2 Å². The molecule has 2 heterocycles. The summed E-state index contributed by atoms with van der Waals surface area (Å²) in [6.07, 6.45) is 3.32. The van der Waals surface area contributed by atoms with Gasteiger partial charge >= 0.3 is 0 Å². The Hall–Kier alpha value is -3.89. The molecule has 0 atom stereocenters. The van der Waals surface area contributed by atoms with Gasteiger partial charge in [0.1, 0.15) is 11.5 Å². The van der Waals surface area contributed by atoms with Crippen molar-refractivity contribution in [2.45, 2.75) is 17.9 Å². The Labute approximate surface area is 218 Å². The normalized spacial score (nSPS) is 11.6. The quantitative estimate of drug-likeness (QED) is 0.303. The highest BCUT2D eigenvalue weighted by Crippen LogP contribution is 2.30. The van der Waals surface area contributed by atoms with Gasteiger partial charge in [-0.25, -0.2) is 13.4 Å². The first kappa shape index (κ1) is 24.8.